The van der Waals surface area contributed by atoms with E-state index in [2.05, 4.69) is 10.3 Å². The number of aliphatic hydroxyl groups is 1. The lowest BCUT2D eigenvalue weighted by atomic mass is 10.1. The van der Waals surface area contributed by atoms with E-state index in [0.29, 0.717) is 57.5 Å². The van der Waals surface area contributed by atoms with Crippen molar-refractivity contribution in [3.63, 3.8) is 0 Å². The van der Waals surface area contributed by atoms with Gasteiger partial charge in [-0.1, -0.05) is 11.6 Å². The topological polar surface area (TPSA) is 104 Å². The van der Waals surface area contributed by atoms with Gasteiger partial charge in [-0.25, -0.2) is 4.98 Å². The Morgan fingerprint density at radius 1 is 1.22 bits per heavy atom. The average molecular weight is 456 g/mol. The fourth-order valence-corrected chi connectivity index (χ4v) is 3.58. The summed E-state index contributed by atoms with van der Waals surface area (Å²) in [6.45, 7) is 0.552. The molecule has 3 aromatic rings. The van der Waals surface area contributed by atoms with Crippen LogP contribution >= 0.6 is 11.6 Å². The molecule has 3 rings (SSSR count). The molecule has 0 aliphatic heterocycles. The van der Waals surface area contributed by atoms with E-state index in [1.165, 1.54) is 6.21 Å². The minimum absolute atomic E-state index is 0.0369. The Bertz CT molecular complexity index is 1110. The zero-order valence-corrected chi connectivity index (χ0v) is 19.0. The van der Waals surface area contributed by atoms with Crippen LogP contribution in [0.15, 0.2) is 42.7 Å². The van der Waals surface area contributed by atoms with Gasteiger partial charge in [0.15, 0.2) is 0 Å². The maximum absolute atomic E-state index is 9.44. The number of fused-ring (bicyclic) bond motifs is 1. The predicted octanol–water partition coefficient (Wildman–Crippen LogP) is 4.03. The molecule has 0 unspecified atom stereocenters. The van der Waals surface area contributed by atoms with Crippen molar-refractivity contribution in [1.82, 2.24) is 15.3 Å². The summed E-state index contributed by atoms with van der Waals surface area (Å²) >= 11 is 6.70. The monoisotopic (exact) mass is 455 g/mol. The van der Waals surface area contributed by atoms with E-state index in [1.807, 2.05) is 29.2 Å². The van der Waals surface area contributed by atoms with E-state index in [4.69, 9.17) is 31.5 Å². The maximum Gasteiger partial charge on any atom is 0.133 e. The van der Waals surface area contributed by atoms with Crippen molar-refractivity contribution in [1.29, 1.82) is 5.41 Å². The van der Waals surface area contributed by atoms with Crippen molar-refractivity contribution in [2.45, 2.75) is 6.42 Å². The number of nitrogens with one attached hydrogen (secondary N) is 2. The molecule has 0 amide bonds. The molecule has 32 heavy (non-hydrogen) atoms. The zero-order chi connectivity index (χ0) is 23.1. The Labute approximate surface area is 192 Å². The highest BCUT2D eigenvalue weighted by Crippen LogP contribution is 2.35. The SMILES string of the molecule is CN/C=C(\C=N)c1cnc2ccc(N(CCCO)c3cc(OC)cc(OC)c3)nc2c1Cl. The number of hydrogen-bond donors (Lipinski definition) is 3. The molecule has 1 aromatic carbocycles. The van der Waals surface area contributed by atoms with Crippen LogP contribution in [-0.4, -0.2) is 55.7 Å². The summed E-state index contributed by atoms with van der Waals surface area (Å²) in [5.41, 5.74) is 3.17. The Morgan fingerprint density at radius 3 is 2.53 bits per heavy atom. The molecule has 0 bridgehead atoms. The number of pyridine rings is 2. The molecule has 0 aliphatic carbocycles. The fourth-order valence-electron chi connectivity index (χ4n) is 3.28. The molecule has 0 saturated carbocycles. The molecular formula is C23H26ClN5O3. The summed E-state index contributed by atoms with van der Waals surface area (Å²) in [4.78, 5) is 11.2. The number of halogens is 1. The molecule has 0 fully saturated rings. The number of aliphatic hydroxyl groups excluding tert-OH is 1. The number of anilines is 2. The molecule has 2 aromatic heterocycles. The second-order valence-corrected chi connectivity index (χ2v) is 7.23. The molecular weight excluding hydrogens is 430 g/mol. The van der Waals surface area contributed by atoms with Crippen molar-refractivity contribution < 1.29 is 14.6 Å². The van der Waals surface area contributed by atoms with Gasteiger partial charge in [0.05, 0.1) is 24.8 Å². The Kier molecular flexibility index (Phi) is 7.86. The first-order valence-corrected chi connectivity index (χ1v) is 10.4. The third kappa shape index (κ3) is 4.92. The maximum atomic E-state index is 9.44. The Hall–Kier alpha value is -3.36. The first-order chi connectivity index (χ1) is 15.6. The fraction of sp³-hybridized carbons (Fsp3) is 0.261. The molecule has 9 heteroatoms. The van der Waals surface area contributed by atoms with Crippen LogP contribution in [0.5, 0.6) is 11.5 Å². The largest absolute Gasteiger partial charge is 0.497 e. The van der Waals surface area contributed by atoms with Crippen molar-refractivity contribution in [3.05, 3.63) is 53.3 Å². The quantitative estimate of drug-likeness (QED) is 0.396. The van der Waals surface area contributed by atoms with Crippen LogP contribution in [0.2, 0.25) is 5.02 Å². The summed E-state index contributed by atoms with van der Waals surface area (Å²) in [7, 11) is 4.94. The minimum Gasteiger partial charge on any atom is -0.497 e. The smallest absolute Gasteiger partial charge is 0.133 e. The number of nitrogens with zero attached hydrogens (tertiary/aromatic N) is 3. The van der Waals surface area contributed by atoms with Gasteiger partial charge in [-0.15, -0.1) is 0 Å². The molecule has 0 atom stereocenters. The lowest BCUT2D eigenvalue weighted by molar-refractivity contribution is 0.290. The number of benzene rings is 1. The van der Waals surface area contributed by atoms with Crippen LogP contribution in [0.25, 0.3) is 16.6 Å². The van der Waals surface area contributed by atoms with Crippen LogP contribution in [0.4, 0.5) is 11.5 Å². The van der Waals surface area contributed by atoms with E-state index >= 15 is 0 Å². The highest BCUT2D eigenvalue weighted by molar-refractivity contribution is 6.37. The molecule has 2 heterocycles. The van der Waals surface area contributed by atoms with E-state index in [-0.39, 0.29) is 6.61 Å². The first kappa shape index (κ1) is 23.3. The molecule has 0 aliphatic rings. The molecule has 8 nitrogen and oxygen atoms in total. The summed E-state index contributed by atoms with van der Waals surface area (Å²) < 4.78 is 10.8. The molecule has 168 valence electrons. The Balaban J connectivity index is 2.16. The van der Waals surface area contributed by atoms with Gasteiger partial charge >= 0.3 is 0 Å². The highest BCUT2D eigenvalue weighted by atomic mass is 35.5. The van der Waals surface area contributed by atoms with Crippen LogP contribution in [0, 0.1) is 5.41 Å². The third-order valence-electron chi connectivity index (χ3n) is 4.87. The summed E-state index contributed by atoms with van der Waals surface area (Å²) in [6.07, 6.45) is 5.07. The van der Waals surface area contributed by atoms with E-state index in [9.17, 15) is 5.11 Å². The van der Waals surface area contributed by atoms with Gasteiger partial charge in [0.1, 0.15) is 22.8 Å². The number of aromatic nitrogens is 2. The molecule has 0 radical (unpaired) electrons. The number of rotatable bonds is 10. The molecule has 0 saturated heterocycles. The van der Waals surface area contributed by atoms with Gasteiger partial charge in [0.2, 0.25) is 0 Å². The molecule has 3 N–H and O–H groups in total. The van der Waals surface area contributed by atoms with E-state index < -0.39 is 0 Å². The van der Waals surface area contributed by atoms with Gasteiger partial charge in [-0.2, -0.15) is 0 Å². The Morgan fingerprint density at radius 2 is 1.94 bits per heavy atom. The second kappa shape index (κ2) is 10.8. The van der Waals surface area contributed by atoms with Gasteiger partial charge in [-0.05, 0) is 18.6 Å². The van der Waals surface area contributed by atoms with Gasteiger partial charge in [0, 0.05) is 73.8 Å². The number of allylic oxidation sites excluding steroid dienone is 1. The van der Waals surface area contributed by atoms with E-state index in [0.717, 1.165) is 5.69 Å². The predicted molar refractivity (Wildman–Crippen MR) is 129 cm³/mol. The third-order valence-corrected chi connectivity index (χ3v) is 5.25. The number of methoxy groups -OCH3 is 2. The van der Waals surface area contributed by atoms with Crippen molar-refractivity contribution in [2.75, 3.05) is 39.3 Å². The first-order valence-electron chi connectivity index (χ1n) is 10.0. The van der Waals surface area contributed by atoms with Gasteiger partial charge in [0.25, 0.3) is 0 Å². The summed E-state index contributed by atoms with van der Waals surface area (Å²) in [6, 6.07) is 9.26. The van der Waals surface area contributed by atoms with Crippen LogP contribution in [-0.2, 0) is 0 Å². The standard InChI is InChI=1S/C23H26ClN5O3/c1-26-13-15(12-25)19-14-27-20-5-6-21(28-23(20)22(19)24)29(7-4-8-30)16-9-17(31-2)11-18(10-16)32-3/h5-6,9-14,25-26,30H,4,7-8H2,1-3H3/b15-13+,25-12?. The van der Waals surface area contributed by atoms with Crippen LogP contribution in [0.3, 0.4) is 0 Å². The summed E-state index contributed by atoms with van der Waals surface area (Å²) in [5.74, 6) is 1.92. The lowest BCUT2D eigenvalue weighted by Gasteiger charge is -2.25. The van der Waals surface area contributed by atoms with Crippen molar-refractivity contribution in [3.8, 4) is 11.5 Å². The van der Waals surface area contributed by atoms with Gasteiger partial charge < -0.3 is 30.2 Å². The minimum atomic E-state index is 0.0369. The number of ether oxygens (including phenoxy) is 2. The van der Waals surface area contributed by atoms with Gasteiger partial charge in [-0.3, -0.25) is 4.98 Å². The highest BCUT2D eigenvalue weighted by Gasteiger charge is 2.17. The van der Waals surface area contributed by atoms with Crippen LogP contribution < -0.4 is 19.7 Å². The summed E-state index contributed by atoms with van der Waals surface area (Å²) in [5, 5.41) is 20.4. The van der Waals surface area contributed by atoms with E-state index in [1.54, 1.807) is 39.7 Å². The zero-order valence-electron chi connectivity index (χ0n) is 18.2. The van der Waals surface area contributed by atoms with Crippen LogP contribution in [0.1, 0.15) is 12.0 Å². The second-order valence-electron chi connectivity index (χ2n) is 6.86. The normalized spacial score (nSPS) is 11.3. The van der Waals surface area contributed by atoms with Crippen molar-refractivity contribution >= 4 is 45.9 Å². The number of hydrogen-bond acceptors (Lipinski definition) is 8. The average Bonchev–Trinajstić information content (AvgIpc) is 2.83. The molecule has 0 spiro atoms. The lowest BCUT2D eigenvalue weighted by Crippen LogP contribution is -2.20. The van der Waals surface area contributed by atoms with Crippen molar-refractivity contribution in [2.24, 2.45) is 0 Å².